The molecule has 4 heterocycles. The van der Waals surface area contributed by atoms with E-state index in [4.69, 9.17) is 0 Å². The molecule has 0 spiro atoms. The van der Waals surface area contributed by atoms with Crippen molar-refractivity contribution in [1.29, 1.82) is 0 Å². The van der Waals surface area contributed by atoms with Gasteiger partial charge < -0.3 is 4.90 Å². The third kappa shape index (κ3) is 2.46. The molecule has 23 heavy (non-hydrogen) atoms. The van der Waals surface area contributed by atoms with Gasteiger partial charge in [0.2, 0.25) is 5.95 Å². The van der Waals surface area contributed by atoms with E-state index in [1.807, 2.05) is 11.0 Å². The first-order valence-corrected chi connectivity index (χ1v) is 8.01. The molecule has 3 aromatic rings. The van der Waals surface area contributed by atoms with Gasteiger partial charge in [-0.15, -0.1) is 0 Å². The molecule has 0 N–H and O–H groups in total. The molecule has 1 saturated heterocycles. The van der Waals surface area contributed by atoms with Crippen LogP contribution in [0.1, 0.15) is 24.6 Å². The maximum atomic E-state index is 14.1. The van der Waals surface area contributed by atoms with Crippen molar-refractivity contribution < 1.29 is 8.78 Å². The second-order valence-corrected chi connectivity index (χ2v) is 6.25. The Kier molecular flexibility index (Phi) is 3.48. The molecular weight excluding hydrogens is 368 g/mol. The van der Waals surface area contributed by atoms with Crippen LogP contribution in [0.5, 0.6) is 0 Å². The Hall–Kier alpha value is -2.09. The number of rotatable bonds is 2. The Labute approximate surface area is 139 Å². The maximum absolute atomic E-state index is 14.1. The van der Waals surface area contributed by atoms with Crippen molar-refractivity contribution in [2.45, 2.75) is 18.9 Å². The Bertz CT molecular complexity index is 881. The fourth-order valence-corrected chi connectivity index (χ4v) is 3.35. The molecule has 8 heteroatoms. The van der Waals surface area contributed by atoms with Gasteiger partial charge in [-0.3, -0.25) is 0 Å². The molecule has 1 aliphatic rings. The highest BCUT2D eigenvalue weighted by Crippen LogP contribution is 2.35. The van der Waals surface area contributed by atoms with Crippen LogP contribution in [0.15, 0.2) is 35.1 Å². The second kappa shape index (κ2) is 5.52. The lowest BCUT2D eigenvalue weighted by molar-refractivity contribution is 0.518. The van der Waals surface area contributed by atoms with Gasteiger partial charge in [-0.2, -0.15) is 9.49 Å². The summed E-state index contributed by atoms with van der Waals surface area (Å²) in [4.78, 5) is 10.3. The average molecular weight is 380 g/mol. The lowest BCUT2D eigenvalue weighted by Crippen LogP contribution is -2.25. The fraction of sp³-hybridized carbons (Fsp3) is 0.267. The van der Waals surface area contributed by atoms with Gasteiger partial charge in [0.15, 0.2) is 5.65 Å². The van der Waals surface area contributed by atoms with E-state index in [2.05, 4.69) is 31.0 Å². The standard InChI is InChI=1S/C15H12BrF2N5/c16-9-8-19-23-7-5-13(21-15(9)23)22-6-1-2-11(22)14-10(17)3-4-12(18)20-14/h3-5,7-8,11H,1-2,6H2/t11-/m1/s1. The van der Waals surface area contributed by atoms with E-state index in [0.29, 0.717) is 17.9 Å². The van der Waals surface area contributed by atoms with Crippen molar-refractivity contribution in [2.75, 3.05) is 11.4 Å². The number of nitrogens with zero attached hydrogens (tertiary/aromatic N) is 5. The van der Waals surface area contributed by atoms with E-state index in [9.17, 15) is 8.78 Å². The minimum atomic E-state index is -0.671. The van der Waals surface area contributed by atoms with E-state index in [-0.39, 0.29) is 11.7 Å². The van der Waals surface area contributed by atoms with E-state index < -0.39 is 11.8 Å². The monoisotopic (exact) mass is 379 g/mol. The zero-order valence-electron chi connectivity index (χ0n) is 12.0. The summed E-state index contributed by atoms with van der Waals surface area (Å²) >= 11 is 3.40. The third-order valence-corrected chi connectivity index (χ3v) is 4.57. The topological polar surface area (TPSA) is 46.3 Å². The Balaban J connectivity index is 1.76. The molecule has 0 amide bonds. The second-order valence-electron chi connectivity index (χ2n) is 5.40. The van der Waals surface area contributed by atoms with Gasteiger partial charge >= 0.3 is 0 Å². The largest absolute Gasteiger partial charge is 0.348 e. The summed E-state index contributed by atoms with van der Waals surface area (Å²) in [7, 11) is 0. The van der Waals surface area contributed by atoms with Crippen LogP contribution in [0.2, 0.25) is 0 Å². The van der Waals surface area contributed by atoms with E-state index >= 15 is 0 Å². The Morgan fingerprint density at radius 3 is 2.91 bits per heavy atom. The smallest absolute Gasteiger partial charge is 0.213 e. The predicted octanol–water partition coefficient (Wildman–Crippen LogP) is 3.51. The van der Waals surface area contributed by atoms with Gasteiger partial charge in [-0.05, 0) is 47.0 Å². The van der Waals surface area contributed by atoms with Crippen molar-refractivity contribution in [3.63, 3.8) is 0 Å². The number of fused-ring (bicyclic) bond motifs is 1. The molecule has 118 valence electrons. The van der Waals surface area contributed by atoms with Crippen LogP contribution in [0.3, 0.4) is 0 Å². The number of anilines is 1. The lowest BCUT2D eigenvalue weighted by atomic mass is 10.1. The van der Waals surface area contributed by atoms with Crippen LogP contribution < -0.4 is 4.90 Å². The molecule has 0 aliphatic carbocycles. The van der Waals surface area contributed by atoms with Crippen LogP contribution in [0.4, 0.5) is 14.6 Å². The van der Waals surface area contributed by atoms with E-state index in [1.54, 1.807) is 16.9 Å². The van der Waals surface area contributed by atoms with Gasteiger partial charge in [0.1, 0.15) is 17.3 Å². The van der Waals surface area contributed by atoms with Gasteiger partial charge in [0, 0.05) is 12.7 Å². The summed E-state index contributed by atoms with van der Waals surface area (Å²) in [6.07, 6.45) is 5.05. The molecule has 1 atom stereocenters. The number of pyridine rings is 1. The van der Waals surface area contributed by atoms with E-state index in [0.717, 1.165) is 29.6 Å². The molecule has 0 bridgehead atoms. The SMILES string of the molecule is Fc1ccc(F)c([C@H]2CCCN2c2ccn3ncc(Br)c3n2)n1. The number of aromatic nitrogens is 4. The van der Waals surface area contributed by atoms with Gasteiger partial charge in [0.05, 0.1) is 16.7 Å². The summed E-state index contributed by atoms with van der Waals surface area (Å²) < 4.78 is 29.9. The molecule has 1 fully saturated rings. The van der Waals surface area contributed by atoms with Crippen molar-refractivity contribution in [3.8, 4) is 0 Å². The van der Waals surface area contributed by atoms with Crippen LogP contribution in [0.25, 0.3) is 5.65 Å². The van der Waals surface area contributed by atoms with Crippen molar-refractivity contribution >= 4 is 27.4 Å². The number of hydrogen-bond donors (Lipinski definition) is 0. The Morgan fingerprint density at radius 1 is 1.17 bits per heavy atom. The van der Waals surface area contributed by atoms with E-state index in [1.165, 1.54) is 0 Å². The molecule has 0 aromatic carbocycles. The zero-order chi connectivity index (χ0) is 16.0. The van der Waals surface area contributed by atoms with Crippen LogP contribution in [-0.2, 0) is 0 Å². The minimum Gasteiger partial charge on any atom is -0.348 e. The molecular formula is C15H12BrF2N5. The molecule has 0 unspecified atom stereocenters. The first-order chi connectivity index (χ1) is 11.1. The zero-order valence-corrected chi connectivity index (χ0v) is 13.5. The van der Waals surface area contributed by atoms with Crippen molar-refractivity contribution in [2.24, 2.45) is 0 Å². The van der Waals surface area contributed by atoms with Crippen LogP contribution in [-0.4, -0.2) is 26.1 Å². The lowest BCUT2D eigenvalue weighted by Gasteiger charge is -2.25. The molecule has 1 aliphatic heterocycles. The first-order valence-electron chi connectivity index (χ1n) is 7.22. The van der Waals surface area contributed by atoms with Gasteiger partial charge in [-0.25, -0.2) is 18.9 Å². The number of hydrogen-bond acceptors (Lipinski definition) is 4. The van der Waals surface area contributed by atoms with Gasteiger partial charge in [0.25, 0.3) is 0 Å². The third-order valence-electron chi connectivity index (χ3n) is 4.01. The molecule has 5 nitrogen and oxygen atoms in total. The summed E-state index contributed by atoms with van der Waals surface area (Å²) in [5.74, 6) is -0.461. The summed E-state index contributed by atoms with van der Waals surface area (Å²) in [6, 6.07) is 3.66. The minimum absolute atomic E-state index is 0.136. The normalized spacial score (nSPS) is 18.0. The summed E-state index contributed by atoms with van der Waals surface area (Å²) in [6.45, 7) is 0.719. The Morgan fingerprint density at radius 2 is 2.04 bits per heavy atom. The average Bonchev–Trinajstić information content (AvgIpc) is 3.17. The first kappa shape index (κ1) is 14.5. The summed E-state index contributed by atoms with van der Waals surface area (Å²) in [5.41, 5.74) is 0.817. The predicted molar refractivity (Wildman–Crippen MR) is 84.2 cm³/mol. The number of halogens is 3. The van der Waals surface area contributed by atoms with Crippen LogP contribution >= 0.6 is 15.9 Å². The maximum Gasteiger partial charge on any atom is 0.213 e. The van der Waals surface area contributed by atoms with Crippen molar-refractivity contribution in [1.82, 2.24) is 19.6 Å². The highest BCUT2D eigenvalue weighted by atomic mass is 79.9. The van der Waals surface area contributed by atoms with Crippen molar-refractivity contribution in [3.05, 3.63) is 52.5 Å². The molecule has 4 rings (SSSR count). The molecule has 0 saturated carbocycles. The quantitative estimate of drug-likeness (QED) is 0.639. The fourth-order valence-electron chi connectivity index (χ4n) is 2.98. The summed E-state index contributed by atoms with van der Waals surface area (Å²) in [5, 5.41) is 4.16. The molecule has 3 aromatic heterocycles. The molecule has 0 radical (unpaired) electrons. The van der Waals surface area contributed by atoms with Gasteiger partial charge in [-0.1, -0.05) is 0 Å². The highest BCUT2D eigenvalue weighted by molar-refractivity contribution is 9.10. The van der Waals surface area contributed by atoms with Crippen LogP contribution in [0, 0.1) is 11.8 Å². The highest BCUT2D eigenvalue weighted by Gasteiger charge is 2.31.